The van der Waals surface area contributed by atoms with Crippen LogP contribution in [0.3, 0.4) is 0 Å². The third kappa shape index (κ3) is 2.46. The molecule has 0 radical (unpaired) electrons. The van der Waals surface area contributed by atoms with Crippen molar-refractivity contribution in [2.45, 2.75) is 32.2 Å². The van der Waals surface area contributed by atoms with Crippen molar-refractivity contribution in [3.63, 3.8) is 0 Å². The molecule has 18 heavy (non-hydrogen) atoms. The predicted octanol–water partition coefficient (Wildman–Crippen LogP) is 2.37. The molecule has 1 atom stereocenters. The molecule has 0 amide bonds. The largest absolute Gasteiger partial charge is 0.381 e. The lowest BCUT2D eigenvalue weighted by molar-refractivity contribution is 0.792. The first-order valence-electron chi connectivity index (χ1n) is 7.16. The summed E-state index contributed by atoms with van der Waals surface area (Å²) < 4.78 is 0. The van der Waals surface area contributed by atoms with Gasteiger partial charge in [0.05, 0.1) is 0 Å². The zero-order chi connectivity index (χ0) is 12.4. The fraction of sp³-hybridized carbons (Fsp3) is 0.600. The second kappa shape index (κ2) is 5.19. The molecule has 1 aromatic carbocycles. The van der Waals surface area contributed by atoms with E-state index < -0.39 is 0 Å². The maximum Gasteiger partial charge on any atom is 0.0398 e. The molecule has 2 aliphatic heterocycles. The molecule has 0 spiro atoms. The summed E-state index contributed by atoms with van der Waals surface area (Å²) >= 11 is 0. The molecule has 2 saturated heterocycles. The molecule has 0 aromatic heterocycles. The lowest BCUT2D eigenvalue weighted by Gasteiger charge is -2.21. The second-order valence-electron chi connectivity index (χ2n) is 5.53. The van der Waals surface area contributed by atoms with Crippen molar-refractivity contribution in [1.82, 2.24) is 5.32 Å². The molecule has 1 unspecified atom stereocenters. The molecule has 2 fully saturated rings. The minimum Gasteiger partial charge on any atom is -0.381 e. The molecule has 3 nitrogen and oxygen atoms in total. The lowest BCUT2D eigenvalue weighted by atomic mass is 10.1. The van der Waals surface area contributed by atoms with Crippen LogP contribution in [-0.2, 0) is 0 Å². The number of hydrogen-bond acceptors (Lipinski definition) is 3. The molecule has 2 N–H and O–H groups in total. The van der Waals surface area contributed by atoms with Crippen molar-refractivity contribution in [1.29, 1.82) is 0 Å². The molecule has 1 aromatic rings. The lowest BCUT2D eigenvalue weighted by Crippen LogP contribution is -2.23. The van der Waals surface area contributed by atoms with Crippen LogP contribution in [0.15, 0.2) is 18.2 Å². The molecule has 3 rings (SSSR count). The van der Waals surface area contributed by atoms with Crippen molar-refractivity contribution in [3.8, 4) is 0 Å². The zero-order valence-corrected chi connectivity index (χ0v) is 11.2. The van der Waals surface area contributed by atoms with Gasteiger partial charge in [0.1, 0.15) is 0 Å². The van der Waals surface area contributed by atoms with E-state index in [1.807, 2.05) is 0 Å². The monoisotopic (exact) mass is 245 g/mol. The van der Waals surface area contributed by atoms with Gasteiger partial charge in [-0.2, -0.15) is 0 Å². The Kier molecular flexibility index (Phi) is 3.41. The van der Waals surface area contributed by atoms with Gasteiger partial charge in [0.2, 0.25) is 0 Å². The number of aryl methyl sites for hydroxylation is 1. The van der Waals surface area contributed by atoms with E-state index >= 15 is 0 Å². The van der Waals surface area contributed by atoms with Crippen LogP contribution in [0.25, 0.3) is 0 Å². The van der Waals surface area contributed by atoms with Crippen LogP contribution in [0.4, 0.5) is 11.4 Å². The van der Waals surface area contributed by atoms with Gasteiger partial charge in [-0.3, -0.25) is 0 Å². The molecular formula is C15H23N3. The molecule has 98 valence electrons. The van der Waals surface area contributed by atoms with Gasteiger partial charge in [0, 0.05) is 37.1 Å². The van der Waals surface area contributed by atoms with E-state index in [1.54, 1.807) is 0 Å². The summed E-state index contributed by atoms with van der Waals surface area (Å²) in [5, 5.41) is 7.04. The Morgan fingerprint density at radius 1 is 1.28 bits per heavy atom. The minimum atomic E-state index is 0.598. The highest BCUT2D eigenvalue weighted by Crippen LogP contribution is 2.26. The van der Waals surface area contributed by atoms with Gasteiger partial charge in [0.15, 0.2) is 0 Å². The van der Waals surface area contributed by atoms with Crippen molar-refractivity contribution in [3.05, 3.63) is 23.8 Å². The number of nitrogens with one attached hydrogen (secondary N) is 2. The van der Waals surface area contributed by atoms with Crippen LogP contribution in [-0.4, -0.2) is 32.2 Å². The van der Waals surface area contributed by atoms with E-state index in [0.717, 1.165) is 13.1 Å². The van der Waals surface area contributed by atoms with Crippen molar-refractivity contribution in [2.24, 2.45) is 0 Å². The summed E-state index contributed by atoms with van der Waals surface area (Å²) in [6.45, 7) is 6.89. The molecule has 0 aliphatic carbocycles. The van der Waals surface area contributed by atoms with Gasteiger partial charge in [-0.15, -0.1) is 0 Å². The predicted molar refractivity (Wildman–Crippen MR) is 77.5 cm³/mol. The Morgan fingerprint density at radius 2 is 2.11 bits per heavy atom. The summed E-state index contributed by atoms with van der Waals surface area (Å²) in [4.78, 5) is 2.49. The van der Waals surface area contributed by atoms with Crippen LogP contribution in [0.5, 0.6) is 0 Å². The normalized spacial score (nSPS) is 23.6. The fourth-order valence-electron chi connectivity index (χ4n) is 2.98. The number of benzene rings is 1. The van der Waals surface area contributed by atoms with Crippen molar-refractivity contribution >= 4 is 11.4 Å². The minimum absolute atomic E-state index is 0.598. The fourth-order valence-corrected chi connectivity index (χ4v) is 2.98. The van der Waals surface area contributed by atoms with E-state index in [0.29, 0.717) is 6.04 Å². The molecule has 3 heteroatoms. The summed E-state index contributed by atoms with van der Waals surface area (Å²) in [7, 11) is 0. The highest BCUT2D eigenvalue weighted by atomic mass is 15.1. The Balaban J connectivity index is 1.71. The summed E-state index contributed by atoms with van der Waals surface area (Å²) in [6, 6.07) is 7.45. The second-order valence-corrected chi connectivity index (χ2v) is 5.53. The Labute approximate surface area is 110 Å². The van der Waals surface area contributed by atoms with E-state index in [2.05, 4.69) is 40.7 Å². The molecule has 2 heterocycles. The molecule has 0 bridgehead atoms. The van der Waals surface area contributed by atoms with Crippen LogP contribution in [0.2, 0.25) is 0 Å². The third-order valence-electron chi connectivity index (χ3n) is 4.10. The highest BCUT2D eigenvalue weighted by Gasteiger charge is 2.16. The van der Waals surface area contributed by atoms with E-state index in [4.69, 9.17) is 0 Å². The third-order valence-corrected chi connectivity index (χ3v) is 4.10. The smallest absolute Gasteiger partial charge is 0.0398 e. The van der Waals surface area contributed by atoms with Crippen LogP contribution in [0.1, 0.15) is 24.8 Å². The first-order valence-corrected chi connectivity index (χ1v) is 7.16. The molecule has 0 saturated carbocycles. The first kappa shape index (κ1) is 11.8. The van der Waals surface area contributed by atoms with Crippen molar-refractivity contribution < 1.29 is 0 Å². The van der Waals surface area contributed by atoms with Crippen LogP contribution in [0, 0.1) is 6.92 Å². The van der Waals surface area contributed by atoms with E-state index in [1.165, 1.54) is 49.3 Å². The summed E-state index contributed by atoms with van der Waals surface area (Å²) in [6.07, 6.45) is 3.91. The summed E-state index contributed by atoms with van der Waals surface area (Å²) in [5.41, 5.74) is 4.05. The number of hydrogen-bond donors (Lipinski definition) is 2. The van der Waals surface area contributed by atoms with Gasteiger partial charge < -0.3 is 15.5 Å². The Morgan fingerprint density at radius 3 is 2.78 bits per heavy atom. The standard InChI is InChI=1S/C15H23N3/c1-12-10-14(18-8-2-3-9-18)4-5-15(12)17-13-6-7-16-11-13/h4-5,10,13,16-17H,2-3,6-9,11H2,1H3. The quantitative estimate of drug-likeness (QED) is 0.856. The molecule has 2 aliphatic rings. The Hall–Kier alpha value is -1.22. The average molecular weight is 245 g/mol. The topological polar surface area (TPSA) is 27.3 Å². The SMILES string of the molecule is Cc1cc(N2CCCC2)ccc1NC1CCNC1. The van der Waals surface area contributed by atoms with Gasteiger partial charge in [-0.1, -0.05) is 0 Å². The number of rotatable bonds is 3. The van der Waals surface area contributed by atoms with E-state index in [9.17, 15) is 0 Å². The maximum absolute atomic E-state index is 3.65. The van der Waals surface area contributed by atoms with Crippen LogP contribution >= 0.6 is 0 Å². The van der Waals surface area contributed by atoms with Crippen LogP contribution < -0.4 is 15.5 Å². The zero-order valence-electron chi connectivity index (χ0n) is 11.2. The maximum atomic E-state index is 3.65. The first-order chi connectivity index (χ1) is 8.83. The summed E-state index contributed by atoms with van der Waals surface area (Å²) in [5.74, 6) is 0. The number of nitrogens with zero attached hydrogens (tertiary/aromatic N) is 1. The number of anilines is 2. The Bertz CT molecular complexity index is 404. The van der Waals surface area contributed by atoms with Gasteiger partial charge in [-0.25, -0.2) is 0 Å². The molecular weight excluding hydrogens is 222 g/mol. The highest BCUT2D eigenvalue weighted by molar-refractivity contribution is 5.61. The van der Waals surface area contributed by atoms with Gasteiger partial charge in [0.25, 0.3) is 0 Å². The van der Waals surface area contributed by atoms with Crippen molar-refractivity contribution in [2.75, 3.05) is 36.4 Å². The van der Waals surface area contributed by atoms with Gasteiger partial charge >= 0.3 is 0 Å². The van der Waals surface area contributed by atoms with Gasteiger partial charge in [-0.05, 0) is 56.5 Å². The average Bonchev–Trinajstić information content (AvgIpc) is 3.04. The van der Waals surface area contributed by atoms with E-state index in [-0.39, 0.29) is 0 Å².